The molecule has 1 aliphatic heterocycles. The van der Waals surface area contributed by atoms with Gasteiger partial charge in [0.25, 0.3) is 0 Å². The fourth-order valence-electron chi connectivity index (χ4n) is 4.74. The monoisotopic (exact) mass is 564 g/mol. The van der Waals surface area contributed by atoms with Gasteiger partial charge in [0.15, 0.2) is 23.0 Å². The van der Waals surface area contributed by atoms with Gasteiger partial charge in [0.1, 0.15) is 0 Å². The molecule has 1 aliphatic rings. The Balaban J connectivity index is 1.72. The topological polar surface area (TPSA) is 69.3 Å². The molecule has 1 N–H and O–H groups in total. The van der Waals surface area contributed by atoms with Crippen LogP contribution in [0.15, 0.2) is 48.5 Å². The Morgan fingerprint density at radius 2 is 1.56 bits per heavy atom. The van der Waals surface area contributed by atoms with Crippen LogP contribution in [0.25, 0.3) is 0 Å². The van der Waals surface area contributed by atoms with Crippen molar-refractivity contribution in [3.05, 3.63) is 75.8 Å². The Hall–Kier alpha value is -3.79. The second-order valence-electron chi connectivity index (χ2n) is 8.88. The molecule has 7 nitrogen and oxygen atoms in total. The maximum Gasteiger partial charge on any atom is 0.417 e. The molecule has 0 spiro atoms. The first-order chi connectivity index (χ1) is 18.6. The van der Waals surface area contributed by atoms with Gasteiger partial charge >= 0.3 is 12.2 Å². The van der Waals surface area contributed by atoms with Gasteiger partial charge in [0.2, 0.25) is 0 Å². The molecular weight excluding hydrogens is 537 g/mol. The van der Waals surface area contributed by atoms with E-state index in [1.165, 1.54) is 20.3 Å². The van der Waals surface area contributed by atoms with Crippen molar-refractivity contribution in [1.82, 2.24) is 4.90 Å². The standard InChI is InChI=1S/C28H28ClF3N2O5/c1-36-23-8-5-16(12-24(23)37-2)11-22-19-15-26(39-4)25(38-3)13-17(19)9-10-34(22)27(35)33-18-6-7-21(29)20(14-18)28(30,31)32/h5-8,12-15,22H,9-11H2,1-4H3,(H,33,35). The van der Waals surface area contributed by atoms with E-state index in [4.69, 9.17) is 30.5 Å². The van der Waals surface area contributed by atoms with Crippen LogP contribution in [0.3, 0.4) is 0 Å². The number of methoxy groups -OCH3 is 4. The van der Waals surface area contributed by atoms with E-state index in [1.54, 1.807) is 25.2 Å². The van der Waals surface area contributed by atoms with Crippen LogP contribution in [0.4, 0.5) is 23.7 Å². The number of carbonyl (C=O) groups excluding carboxylic acids is 1. The van der Waals surface area contributed by atoms with E-state index < -0.39 is 28.8 Å². The fourth-order valence-corrected chi connectivity index (χ4v) is 4.96. The minimum atomic E-state index is -4.66. The summed E-state index contributed by atoms with van der Waals surface area (Å²) in [7, 11) is 6.16. The Kier molecular flexibility index (Phi) is 8.34. The number of urea groups is 1. The zero-order valence-electron chi connectivity index (χ0n) is 21.8. The lowest BCUT2D eigenvalue weighted by molar-refractivity contribution is -0.137. The Morgan fingerprint density at radius 1 is 0.923 bits per heavy atom. The van der Waals surface area contributed by atoms with E-state index >= 15 is 0 Å². The van der Waals surface area contributed by atoms with Crippen LogP contribution in [0.5, 0.6) is 23.0 Å². The number of amides is 2. The average Bonchev–Trinajstić information content (AvgIpc) is 2.92. The van der Waals surface area contributed by atoms with Crippen LogP contribution in [0.1, 0.15) is 28.3 Å². The molecule has 1 unspecified atom stereocenters. The first-order valence-electron chi connectivity index (χ1n) is 12.0. The summed E-state index contributed by atoms with van der Waals surface area (Å²) >= 11 is 5.75. The molecule has 0 aliphatic carbocycles. The summed E-state index contributed by atoms with van der Waals surface area (Å²) in [6, 6.07) is 11.5. The van der Waals surface area contributed by atoms with E-state index in [1.807, 2.05) is 24.3 Å². The van der Waals surface area contributed by atoms with E-state index in [9.17, 15) is 18.0 Å². The summed E-state index contributed by atoms with van der Waals surface area (Å²) in [6.07, 6.45) is -3.75. The maximum absolute atomic E-state index is 13.5. The number of nitrogens with one attached hydrogen (secondary N) is 1. The molecule has 0 fully saturated rings. The number of nitrogens with zero attached hydrogens (tertiary/aromatic N) is 1. The molecule has 0 radical (unpaired) electrons. The van der Waals surface area contributed by atoms with Crippen LogP contribution < -0.4 is 24.3 Å². The quantitative estimate of drug-likeness (QED) is 0.343. The highest BCUT2D eigenvalue weighted by Gasteiger charge is 2.35. The predicted octanol–water partition coefficient (Wildman–Crippen LogP) is 6.77. The number of anilines is 1. The molecule has 3 aromatic rings. The first-order valence-corrected chi connectivity index (χ1v) is 12.4. The van der Waals surface area contributed by atoms with Crippen molar-refractivity contribution >= 4 is 23.3 Å². The van der Waals surface area contributed by atoms with Crippen LogP contribution in [0, 0.1) is 0 Å². The van der Waals surface area contributed by atoms with Gasteiger partial charge in [0, 0.05) is 12.2 Å². The van der Waals surface area contributed by atoms with Crippen LogP contribution in [-0.2, 0) is 19.0 Å². The largest absolute Gasteiger partial charge is 0.493 e. The summed E-state index contributed by atoms with van der Waals surface area (Å²) in [4.78, 5) is 15.1. The van der Waals surface area contributed by atoms with Crippen molar-refractivity contribution in [2.45, 2.75) is 25.1 Å². The van der Waals surface area contributed by atoms with Crippen molar-refractivity contribution in [3.8, 4) is 23.0 Å². The molecule has 1 atom stereocenters. The molecule has 2 amide bonds. The molecule has 0 aromatic heterocycles. The highest BCUT2D eigenvalue weighted by molar-refractivity contribution is 6.31. The summed E-state index contributed by atoms with van der Waals surface area (Å²) in [5.74, 6) is 2.17. The second-order valence-corrected chi connectivity index (χ2v) is 9.29. The predicted molar refractivity (Wildman–Crippen MR) is 141 cm³/mol. The smallest absolute Gasteiger partial charge is 0.417 e. The number of rotatable bonds is 7. The number of carbonyl (C=O) groups is 1. The zero-order valence-corrected chi connectivity index (χ0v) is 22.6. The molecule has 11 heteroatoms. The van der Waals surface area contributed by atoms with Crippen molar-refractivity contribution < 1.29 is 36.9 Å². The fraction of sp³-hybridized carbons (Fsp3) is 0.321. The molecule has 0 saturated heterocycles. The molecule has 4 rings (SSSR count). The SMILES string of the molecule is COc1ccc(CC2c3cc(OC)c(OC)cc3CCN2C(=O)Nc2ccc(Cl)c(C(F)(F)F)c2)cc1OC. The van der Waals surface area contributed by atoms with E-state index in [0.29, 0.717) is 42.4 Å². The number of alkyl halides is 3. The van der Waals surface area contributed by atoms with Gasteiger partial charge in [-0.2, -0.15) is 13.2 Å². The average molecular weight is 565 g/mol. The number of hydrogen-bond acceptors (Lipinski definition) is 5. The Labute approximate surface area is 229 Å². The van der Waals surface area contributed by atoms with E-state index in [2.05, 4.69) is 5.32 Å². The zero-order chi connectivity index (χ0) is 28.3. The van der Waals surface area contributed by atoms with Crippen molar-refractivity contribution in [3.63, 3.8) is 0 Å². The first kappa shape index (κ1) is 28.2. The lowest BCUT2D eigenvalue weighted by Crippen LogP contribution is -2.43. The molecule has 0 saturated carbocycles. The van der Waals surface area contributed by atoms with Crippen LogP contribution in [0.2, 0.25) is 5.02 Å². The van der Waals surface area contributed by atoms with Gasteiger partial charge < -0.3 is 29.2 Å². The summed E-state index contributed by atoms with van der Waals surface area (Å²) in [5.41, 5.74) is 1.65. The second kappa shape index (κ2) is 11.5. The van der Waals surface area contributed by atoms with Crippen molar-refractivity contribution in [2.24, 2.45) is 0 Å². The number of fused-ring (bicyclic) bond motifs is 1. The third-order valence-electron chi connectivity index (χ3n) is 6.66. The Morgan fingerprint density at radius 3 is 2.21 bits per heavy atom. The van der Waals surface area contributed by atoms with E-state index in [0.717, 1.165) is 28.8 Å². The van der Waals surface area contributed by atoms with Gasteiger partial charge in [0.05, 0.1) is 45.1 Å². The van der Waals surface area contributed by atoms with Gasteiger partial charge in [-0.25, -0.2) is 4.79 Å². The number of hydrogen-bond donors (Lipinski definition) is 1. The number of halogens is 4. The molecular formula is C28H28ClF3N2O5. The van der Waals surface area contributed by atoms with Gasteiger partial charge in [-0.3, -0.25) is 0 Å². The highest BCUT2D eigenvalue weighted by Crippen LogP contribution is 2.41. The molecule has 39 heavy (non-hydrogen) atoms. The third-order valence-corrected chi connectivity index (χ3v) is 6.99. The minimum absolute atomic E-state index is 0.0142. The summed E-state index contributed by atoms with van der Waals surface area (Å²) in [6.45, 7) is 0.325. The normalized spacial score (nSPS) is 14.9. The molecule has 208 valence electrons. The van der Waals surface area contributed by atoms with Crippen molar-refractivity contribution in [2.75, 3.05) is 40.3 Å². The van der Waals surface area contributed by atoms with Crippen LogP contribution in [-0.4, -0.2) is 45.9 Å². The lowest BCUT2D eigenvalue weighted by atomic mass is 9.88. The molecule has 3 aromatic carbocycles. The van der Waals surface area contributed by atoms with Gasteiger partial charge in [-0.15, -0.1) is 0 Å². The van der Waals surface area contributed by atoms with E-state index in [-0.39, 0.29) is 5.69 Å². The van der Waals surface area contributed by atoms with Gasteiger partial charge in [-0.05, 0) is 72.0 Å². The summed E-state index contributed by atoms with van der Waals surface area (Å²) < 4.78 is 61.9. The van der Waals surface area contributed by atoms with Gasteiger partial charge in [-0.1, -0.05) is 17.7 Å². The van der Waals surface area contributed by atoms with Crippen molar-refractivity contribution in [1.29, 1.82) is 0 Å². The highest BCUT2D eigenvalue weighted by atomic mass is 35.5. The minimum Gasteiger partial charge on any atom is -0.493 e. The van der Waals surface area contributed by atoms with Crippen LogP contribution >= 0.6 is 11.6 Å². The summed E-state index contributed by atoms with van der Waals surface area (Å²) in [5, 5.41) is 2.17. The molecule has 0 bridgehead atoms. The molecule has 1 heterocycles. The third kappa shape index (κ3) is 5.95. The number of benzene rings is 3. The number of ether oxygens (including phenoxy) is 4. The Bertz CT molecular complexity index is 1370. The lowest BCUT2D eigenvalue weighted by Gasteiger charge is -2.38. The maximum atomic E-state index is 13.5.